The van der Waals surface area contributed by atoms with Crippen LogP contribution in [-0.4, -0.2) is 25.3 Å². The lowest BCUT2D eigenvalue weighted by Crippen LogP contribution is -1.89. The molecule has 3 aromatic heterocycles. The Morgan fingerprint density at radius 1 is 0.958 bits per heavy atom. The van der Waals surface area contributed by atoms with Crippen LogP contribution in [0.4, 0.5) is 0 Å². The number of aryl methyl sites for hydroxylation is 5. The zero-order valence-corrected chi connectivity index (χ0v) is 14.4. The Bertz CT molecular complexity index is 1030. The summed E-state index contributed by atoms with van der Waals surface area (Å²) in [4.78, 5) is 8.03. The maximum atomic E-state index is 5.35. The second-order valence-corrected chi connectivity index (χ2v) is 6.25. The third kappa shape index (κ3) is 2.06. The van der Waals surface area contributed by atoms with Crippen molar-refractivity contribution in [2.75, 3.05) is 0 Å². The second-order valence-electron chi connectivity index (χ2n) is 6.25. The Morgan fingerprint density at radius 2 is 1.75 bits per heavy atom. The Hall–Kier alpha value is -2.89. The highest BCUT2D eigenvalue weighted by Gasteiger charge is 2.19. The normalized spacial score (nSPS) is 11.5. The zero-order valence-electron chi connectivity index (χ0n) is 14.4. The molecule has 1 aromatic carbocycles. The highest BCUT2D eigenvalue weighted by molar-refractivity contribution is 5.97. The van der Waals surface area contributed by atoms with Gasteiger partial charge < -0.3 is 9.51 Å². The van der Waals surface area contributed by atoms with E-state index in [9.17, 15) is 0 Å². The number of hydrogen-bond acceptors (Lipinski definition) is 4. The van der Waals surface area contributed by atoms with Crippen molar-refractivity contribution in [3.8, 4) is 22.3 Å². The monoisotopic (exact) mass is 321 g/mol. The number of aromatic nitrogens is 5. The average molecular weight is 321 g/mol. The van der Waals surface area contributed by atoms with Crippen molar-refractivity contribution in [1.29, 1.82) is 0 Å². The van der Waals surface area contributed by atoms with Crippen LogP contribution in [0.2, 0.25) is 0 Å². The van der Waals surface area contributed by atoms with E-state index in [0.29, 0.717) is 0 Å². The number of fused-ring (bicyclic) bond motifs is 1. The standard InChI is InChI=1S/C18H19N5O/c1-8-16(9(2)22-21-8)14-6-13(17-10(3)23-24-11(17)4)7-15-18(14)20-12(5)19-15/h6-7H,1-5H3,(H,19,20)(H,21,22). The van der Waals surface area contributed by atoms with Crippen LogP contribution in [0.1, 0.15) is 28.7 Å². The number of benzene rings is 1. The van der Waals surface area contributed by atoms with E-state index >= 15 is 0 Å². The van der Waals surface area contributed by atoms with E-state index in [4.69, 9.17) is 4.52 Å². The van der Waals surface area contributed by atoms with Crippen LogP contribution >= 0.6 is 0 Å². The summed E-state index contributed by atoms with van der Waals surface area (Å²) in [6, 6.07) is 4.26. The average Bonchev–Trinajstić information content (AvgIpc) is 3.16. The summed E-state index contributed by atoms with van der Waals surface area (Å²) >= 11 is 0. The molecule has 0 radical (unpaired) electrons. The van der Waals surface area contributed by atoms with Gasteiger partial charge >= 0.3 is 0 Å². The van der Waals surface area contributed by atoms with Gasteiger partial charge in [0.15, 0.2) is 0 Å². The first-order valence-electron chi connectivity index (χ1n) is 7.91. The predicted molar refractivity (Wildman–Crippen MR) is 92.9 cm³/mol. The number of aromatic amines is 2. The molecule has 3 heterocycles. The number of nitrogens with zero attached hydrogens (tertiary/aromatic N) is 3. The minimum atomic E-state index is 0.815. The minimum Gasteiger partial charge on any atom is -0.361 e. The molecule has 4 aromatic rings. The van der Waals surface area contributed by atoms with E-state index in [1.54, 1.807) is 0 Å². The van der Waals surface area contributed by atoms with E-state index < -0.39 is 0 Å². The first-order valence-corrected chi connectivity index (χ1v) is 7.91. The molecule has 0 unspecified atom stereocenters. The van der Waals surface area contributed by atoms with E-state index in [2.05, 4.69) is 37.5 Å². The molecule has 24 heavy (non-hydrogen) atoms. The molecule has 0 aliphatic rings. The van der Waals surface area contributed by atoms with Crippen LogP contribution in [0.15, 0.2) is 16.7 Å². The third-order valence-electron chi connectivity index (χ3n) is 4.42. The molecule has 0 bridgehead atoms. The quantitative estimate of drug-likeness (QED) is 0.581. The first-order chi connectivity index (χ1) is 11.5. The van der Waals surface area contributed by atoms with Crippen molar-refractivity contribution >= 4 is 11.0 Å². The van der Waals surface area contributed by atoms with Gasteiger partial charge in [0.2, 0.25) is 0 Å². The van der Waals surface area contributed by atoms with Crippen LogP contribution < -0.4 is 0 Å². The molecule has 6 heteroatoms. The van der Waals surface area contributed by atoms with Gasteiger partial charge in [-0.2, -0.15) is 5.10 Å². The van der Waals surface area contributed by atoms with E-state index in [1.807, 2.05) is 34.6 Å². The van der Waals surface area contributed by atoms with Gasteiger partial charge in [-0.05, 0) is 52.3 Å². The fraction of sp³-hybridized carbons (Fsp3) is 0.278. The molecule has 0 fully saturated rings. The van der Waals surface area contributed by atoms with Gasteiger partial charge in [0, 0.05) is 22.4 Å². The van der Waals surface area contributed by atoms with Crippen molar-refractivity contribution in [3.05, 3.63) is 40.8 Å². The number of imidazole rings is 1. The van der Waals surface area contributed by atoms with E-state index in [0.717, 1.165) is 62.0 Å². The molecular formula is C18H19N5O. The van der Waals surface area contributed by atoms with Gasteiger partial charge in [0.25, 0.3) is 0 Å². The number of rotatable bonds is 2. The number of nitrogens with one attached hydrogen (secondary N) is 2. The van der Waals surface area contributed by atoms with E-state index in [-0.39, 0.29) is 0 Å². The van der Waals surface area contributed by atoms with Gasteiger partial charge in [-0.15, -0.1) is 0 Å². The van der Waals surface area contributed by atoms with Gasteiger partial charge in [0.05, 0.1) is 22.4 Å². The van der Waals surface area contributed by atoms with Gasteiger partial charge in [-0.3, -0.25) is 5.10 Å². The third-order valence-corrected chi connectivity index (χ3v) is 4.42. The molecule has 6 nitrogen and oxygen atoms in total. The zero-order chi connectivity index (χ0) is 17.0. The van der Waals surface area contributed by atoms with Crippen LogP contribution in [0.3, 0.4) is 0 Å². The topological polar surface area (TPSA) is 83.4 Å². The van der Waals surface area contributed by atoms with Crippen molar-refractivity contribution in [3.63, 3.8) is 0 Å². The van der Waals surface area contributed by atoms with E-state index in [1.165, 1.54) is 0 Å². The fourth-order valence-corrected chi connectivity index (χ4v) is 3.42. The molecule has 0 amide bonds. The second kappa shape index (κ2) is 5.06. The van der Waals surface area contributed by atoms with Crippen molar-refractivity contribution < 1.29 is 4.52 Å². The molecule has 0 aliphatic carbocycles. The van der Waals surface area contributed by atoms with Crippen LogP contribution in [0.25, 0.3) is 33.3 Å². The summed E-state index contributed by atoms with van der Waals surface area (Å²) in [7, 11) is 0. The lowest BCUT2D eigenvalue weighted by molar-refractivity contribution is 0.393. The van der Waals surface area contributed by atoms with Crippen molar-refractivity contribution in [2.24, 2.45) is 0 Å². The fourth-order valence-electron chi connectivity index (χ4n) is 3.42. The molecule has 0 saturated carbocycles. The summed E-state index contributed by atoms with van der Waals surface area (Å²) in [5, 5.41) is 11.5. The maximum Gasteiger partial charge on any atom is 0.141 e. The summed E-state index contributed by atoms with van der Waals surface area (Å²) in [6.45, 7) is 9.90. The highest BCUT2D eigenvalue weighted by Crippen LogP contribution is 2.37. The van der Waals surface area contributed by atoms with Gasteiger partial charge in [-0.1, -0.05) is 5.16 Å². The smallest absolute Gasteiger partial charge is 0.141 e. The van der Waals surface area contributed by atoms with Gasteiger partial charge in [-0.25, -0.2) is 4.98 Å². The van der Waals surface area contributed by atoms with Crippen LogP contribution in [0, 0.1) is 34.6 Å². The molecule has 0 aliphatic heterocycles. The van der Waals surface area contributed by atoms with Crippen LogP contribution in [-0.2, 0) is 0 Å². The number of hydrogen-bond donors (Lipinski definition) is 2. The largest absolute Gasteiger partial charge is 0.361 e. The minimum absolute atomic E-state index is 0.815. The van der Waals surface area contributed by atoms with Gasteiger partial charge in [0.1, 0.15) is 11.6 Å². The lowest BCUT2D eigenvalue weighted by Gasteiger charge is -2.08. The Kier molecular flexibility index (Phi) is 3.09. The SMILES string of the molecule is Cc1nc2c(-c3c(C)n[nH]c3C)cc(-c3c(C)noc3C)cc2[nH]1. The Balaban J connectivity index is 2.09. The first kappa shape index (κ1) is 14.7. The van der Waals surface area contributed by atoms with Crippen molar-refractivity contribution in [2.45, 2.75) is 34.6 Å². The molecule has 122 valence electrons. The Labute approximate surface area is 139 Å². The molecule has 0 saturated heterocycles. The summed E-state index contributed by atoms with van der Waals surface area (Å²) < 4.78 is 5.35. The Morgan fingerprint density at radius 3 is 2.38 bits per heavy atom. The summed E-state index contributed by atoms with van der Waals surface area (Å²) in [5.74, 6) is 1.70. The lowest BCUT2D eigenvalue weighted by atomic mass is 9.96. The maximum absolute atomic E-state index is 5.35. The summed E-state index contributed by atoms with van der Waals surface area (Å²) in [5.41, 5.74) is 9.10. The predicted octanol–water partition coefficient (Wildman–Crippen LogP) is 4.15. The van der Waals surface area contributed by atoms with Crippen molar-refractivity contribution in [1.82, 2.24) is 25.3 Å². The number of H-pyrrole nitrogens is 2. The summed E-state index contributed by atoms with van der Waals surface area (Å²) in [6.07, 6.45) is 0. The van der Waals surface area contributed by atoms with Crippen LogP contribution in [0.5, 0.6) is 0 Å². The molecule has 0 spiro atoms. The molecular weight excluding hydrogens is 302 g/mol. The highest BCUT2D eigenvalue weighted by atomic mass is 16.5. The molecule has 0 atom stereocenters. The molecule has 2 N–H and O–H groups in total. The molecule has 4 rings (SSSR count).